The predicted molar refractivity (Wildman–Crippen MR) is 60.6 cm³/mol. The number of likely N-dealkylation sites (tertiary alicyclic amines) is 1. The van der Waals surface area contributed by atoms with Gasteiger partial charge in [0.15, 0.2) is 6.04 Å². The number of carboxylic acid groups (broad SMARTS) is 1. The van der Waals surface area contributed by atoms with Crippen molar-refractivity contribution in [3.05, 3.63) is 0 Å². The Labute approximate surface area is 104 Å². The first-order chi connectivity index (χ1) is 8.47. The molecule has 1 heterocycles. The second-order valence-electron chi connectivity index (χ2n) is 4.13. The number of aliphatic carboxylic acids is 1. The van der Waals surface area contributed by atoms with E-state index in [1.807, 2.05) is 0 Å². The molecule has 1 aliphatic heterocycles. The summed E-state index contributed by atoms with van der Waals surface area (Å²) < 4.78 is 0. The second kappa shape index (κ2) is 6.20. The van der Waals surface area contributed by atoms with Crippen LogP contribution in [-0.2, 0) is 9.59 Å². The van der Waals surface area contributed by atoms with E-state index in [1.165, 1.54) is 4.90 Å². The molecule has 8 nitrogen and oxygen atoms in total. The first kappa shape index (κ1) is 14.2. The molecule has 1 rings (SSSR count). The van der Waals surface area contributed by atoms with Gasteiger partial charge in [-0.15, -0.1) is 0 Å². The number of nitrogens with two attached hydrogens (primary N) is 1. The number of carboxylic acids is 1. The van der Waals surface area contributed by atoms with Crippen molar-refractivity contribution in [2.24, 2.45) is 5.73 Å². The maximum Gasteiger partial charge on any atom is 0.328 e. The number of carbonyl (C=O) groups is 3. The average Bonchev–Trinajstić information content (AvgIpc) is 2.35. The first-order valence-corrected chi connectivity index (χ1v) is 5.67. The molecule has 0 aromatic rings. The monoisotopic (exact) mass is 259 g/mol. The fraction of sp³-hybridized carbons (Fsp3) is 0.700. The van der Waals surface area contributed by atoms with Crippen LogP contribution in [-0.4, -0.2) is 58.3 Å². The van der Waals surface area contributed by atoms with Crippen LogP contribution in [0.1, 0.15) is 19.3 Å². The van der Waals surface area contributed by atoms with Crippen molar-refractivity contribution in [3.8, 4) is 0 Å². The van der Waals surface area contributed by atoms with Crippen LogP contribution in [0.2, 0.25) is 0 Å². The molecule has 1 fully saturated rings. The van der Waals surface area contributed by atoms with E-state index in [-0.39, 0.29) is 0 Å². The zero-order valence-corrected chi connectivity index (χ0v) is 9.83. The summed E-state index contributed by atoms with van der Waals surface area (Å²) in [6, 6.07) is -2.79. The number of carbonyl (C=O) groups excluding carboxylic acids is 2. The van der Waals surface area contributed by atoms with Crippen molar-refractivity contribution in [2.45, 2.75) is 31.3 Å². The zero-order valence-electron chi connectivity index (χ0n) is 9.83. The Hall–Kier alpha value is -1.83. The molecule has 0 spiro atoms. The number of piperidine rings is 1. The minimum atomic E-state index is -1.38. The van der Waals surface area contributed by atoms with E-state index in [2.05, 4.69) is 5.32 Å². The molecule has 0 aromatic heterocycles. The number of urea groups is 1. The molecule has 0 radical (unpaired) electrons. The van der Waals surface area contributed by atoms with E-state index in [1.54, 1.807) is 0 Å². The molecule has 0 bridgehead atoms. The highest BCUT2D eigenvalue weighted by atomic mass is 16.4. The Morgan fingerprint density at radius 2 is 2.06 bits per heavy atom. The molecule has 8 heteroatoms. The van der Waals surface area contributed by atoms with Gasteiger partial charge < -0.3 is 26.2 Å². The minimum absolute atomic E-state index is 0.344. The topological polar surface area (TPSA) is 133 Å². The highest BCUT2D eigenvalue weighted by molar-refractivity contribution is 5.88. The molecule has 0 aromatic carbocycles. The van der Waals surface area contributed by atoms with Gasteiger partial charge in [0.05, 0.1) is 6.61 Å². The largest absolute Gasteiger partial charge is 0.480 e. The smallest absolute Gasteiger partial charge is 0.328 e. The number of hydrogen-bond acceptors (Lipinski definition) is 4. The molecule has 3 amide bonds. The number of aliphatic hydroxyl groups is 1. The van der Waals surface area contributed by atoms with Gasteiger partial charge in [-0.3, -0.25) is 4.79 Å². The van der Waals surface area contributed by atoms with Gasteiger partial charge in [0.25, 0.3) is 0 Å². The van der Waals surface area contributed by atoms with Crippen LogP contribution in [0.5, 0.6) is 0 Å². The lowest BCUT2D eigenvalue weighted by Gasteiger charge is -2.34. The van der Waals surface area contributed by atoms with Gasteiger partial charge in [-0.05, 0) is 19.3 Å². The minimum Gasteiger partial charge on any atom is -0.480 e. The summed E-state index contributed by atoms with van der Waals surface area (Å²) in [6.45, 7) is -0.368. The summed E-state index contributed by atoms with van der Waals surface area (Å²) in [5, 5.41) is 19.7. The molecule has 5 N–H and O–H groups in total. The van der Waals surface area contributed by atoms with Gasteiger partial charge in [0, 0.05) is 6.54 Å². The summed E-state index contributed by atoms with van der Waals surface area (Å²) in [5.74, 6) is -1.95. The number of hydrogen-bond donors (Lipinski definition) is 4. The molecule has 102 valence electrons. The van der Waals surface area contributed by atoms with Gasteiger partial charge in [0.2, 0.25) is 5.91 Å². The molecule has 2 atom stereocenters. The number of amides is 3. The molecule has 1 unspecified atom stereocenters. The fourth-order valence-corrected chi connectivity index (χ4v) is 1.89. The summed E-state index contributed by atoms with van der Waals surface area (Å²) >= 11 is 0. The third-order valence-corrected chi connectivity index (χ3v) is 2.87. The third-order valence-electron chi connectivity index (χ3n) is 2.87. The summed E-state index contributed by atoms with van der Waals surface area (Å²) in [7, 11) is 0. The Morgan fingerprint density at radius 3 is 2.56 bits per heavy atom. The van der Waals surface area contributed by atoms with E-state index in [4.69, 9.17) is 15.9 Å². The second-order valence-corrected chi connectivity index (χ2v) is 4.13. The Morgan fingerprint density at radius 1 is 1.39 bits per heavy atom. The Balaban J connectivity index is 2.68. The predicted octanol–water partition coefficient (Wildman–Crippen LogP) is -1.52. The van der Waals surface area contributed by atoms with Crippen molar-refractivity contribution >= 4 is 17.9 Å². The number of aliphatic hydroxyl groups excluding tert-OH is 1. The van der Waals surface area contributed by atoms with Crippen molar-refractivity contribution in [1.82, 2.24) is 10.2 Å². The normalized spacial score (nSPS) is 21.2. The average molecular weight is 259 g/mol. The highest BCUT2D eigenvalue weighted by Gasteiger charge is 2.32. The molecule has 18 heavy (non-hydrogen) atoms. The number of nitrogens with one attached hydrogen (secondary N) is 1. The maximum absolute atomic E-state index is 11.8. The quantitative estimate of drug-likeness (QED) is 0.486. The van der Waals surface area contributed by atoms with Crippen LogP contribution in [0.3, 0.4) is 0 Å². The first-order valence-electron chi connectivity index (χ1n) is 5.67. The lowest BCUT2D eigenvalue weighted by atomic mass is 10.0. The van der Waals surface area contributed by atoms with E-state index in [0.717, 1.165) is 12.8 Å². The van der Waals surface area contributed by atoms with E-state index >= 15 is 0 Å². The summed E-state index contributed by atoms with van der Waals surface area (Å²) in [6.07, 6.45) is 1.99. The van der Waals surface area contributed by atoms with Gasteiger partial charge in [-0.1, -0.05) is 0 Å². The molecular formula is C10H17N3O5. The molecular weight excluding hydrogens is 242 g/mol. The van der Waals surface area contributed by atoms with E-state index < -0.39 is 36.6 Å². The zero-order chi connectivity index (χ0) is 13.7. The lowest BCUT2D eigenvalue weighted by molar-refractivity contribution is -0.140. The van der Waals surface area contributed by atoms with Gasteiger partial charge in [-0.25, -0.2) is 9.59 Å². The van der Waals surface area contributed by atoms with Crippen LogP contribution in [0.25, 0.3) is 0 Å². The van der Waals surface area contributed by atoms with Crippen molar-refractivity contribution in [2.75, 3.05) is 13.2 Å². The van der Waals surface area contributed by atoms with Crippen LogP contribution in [0.15, 0.2) is 0 Å². The maximum atomic E-state index is 11.8. The SMILES string of the molecule is NC(=O)C1CCCCN1C(=O)N[C@H](CO)C(=O)O. The van der Waals surface area contributed by atoms with E-state index in [9.17, 15) is 14.4 Å². The molecule has 0 saturated carbocycles. The van der Waals surface area contributed by atoms with Crippen LogP contribution >= 0.6 is 0 Å². The van der Waals surface area contributed by atoms with Crippen LogP contribution < -0.4 is 11.1 Å². The van der Waals surface area contributed by atoms with Crippen molar-refractivity contribution in [1.29, 1.82) is 0 Å². The number of rotatable bonds is 4. The summed E-state index contributed by atoms with van der Waals surface area (Å²) in [5.41, 5.74) is 5.19. The fourth-order valence-electron chi connectivity index (χ4n) is 1.89. The number of nitrogens with zero attached hydrogens (tertiary/aromatic N) is 1. The van der Waals surface area contributed by atoms with E-state index in [0.29, 0.717) is 13.0 Å². The van der Waals surface area contributed by atoms with Gasteiger partial charge in [0.1, 0.15) is 6.04 Å². The van der Waals surface area contributed by atoms with Crippen LogP contribution in [0, 0.1) is 0 Å². The standard InChI is InChI=1S/C10H17N3O5/c11-8(15)7-3-1-2-4-13(7)10(18)12-6(5-14)9(16)17/h6-7,14H,1-5H2,(H2,11,15)(H,12,18)(H,16,17)/t6-,7?/m1/s1. The highest BCUT2D eigenvalue weighted by Crippen LogP contribution is 2.16. The lowest BCUT2D eigenvalue weighted by Crippen LogP contribution is -2.57. The van der Waals surface area contributed by atoms with Crippen LogP contribution in [0.4, 0.5) is 4.79 Å². The van der Waals surface area contributed by atoms with Gasteiger partial charge in [-0.2, -0.15) is 0 Å². The van der Waals surface area contributed by atoms with Crippen molar-refractivity contribution < 1.29 is 24.6 Å². The number of primary amides is 1. The summed E-state index contributed by atoms with van der Waals surface area (Å²) in [4.78, 5) is 34.9. The van der Waals surface area contributed by atoms with Crippen molar-refractivity contribution in [3.63, 3.8) is 0 Å². The Kier molecular flexibility index (Phi) is 4.90. The van der Waals surface area contributed by atoms with Gasteiger partial charge >= 0.3 is 12.0 Å². The Bertz CT molecular complexity index is 346. The molecule has 1 aliphatic rings. The third kappa shape index (κ3) is 3.33. The molecule has 0 aliphatic carbocycles. The molecule has 1 saturated heterocycles.